The van der Waals surface area contributed by atoms with Crippen LogP contribution in [-0.2, 0) is 14.6 Å². The maximum Gasteiger partial charge on any atom is 0.319 e. The van der Waals surface area contributed by atoms with Gasteiger partial charge in [-0.15, -0.1) is 0 Å². The van der Waals surface area contributed by atoms with Gasteiger partial charge >= 0.3 is 5.97 Å². The minimum atomic E-state index is -3.84. The fourth-order valence-corrected chi connectivity index (χ4v) is 3.01. The number of carbonyl (C=O) groups excluding carboxylic acids is 1. The number of carboxylic acid groups (broad SMARTS) is 1. The number of aliphatic carboxylic acids is 1. The van der Waals surface area contributed by atoms with Crippen LogP contribution in [-0.4, -0.2) is 31.0 Å². The number of hydrogen-bond acceptors (Lipinski definition) is 4. The van der Waals surface area contributed by atoms with Gasteiger partial charge in [-0.2, -0.15) is 0 Å². The van der Waals surface area contributed by atoms with Gasteiger partial charge in [-0.1, -0.05) is 26.0 Å². The van der Waals surface area contributed by atoms with Crippen molar-refractivity contribution in [3.63, 3.8) is 0 Å². The Hall–Kier alpha value is -1.69. The summed E-state index contributed by atoms with van der Waals surface area (Å²) < 4.78 is 23.4. The van der Waals surface area contributed by atoms with Crippen molar-refractivity contribution in [2.75, 3.05) is 5.75 Å². The van der Waals surface area contributed by atoms with Gasteiger partial charge in [0.2, 0.25) is 0 Å². The number of benzene rings is 1. The summed E-state index contributed by atoms with van der Waals surface area (Å²) in [5.74, 6) is -2.44. The molecule has 0 radical (unpaired) electrons. The standard InChI is InChI=1S/C14H18O5S/c1-3-10(4-2)14(17)11-5-7-12(8-6-11)20(18,19)9-13(15)16/h5-8,10H,3-4,9H2,1-2H3,(H,15,16). The van der Waals surface area contributed by atoms with Crippen LogP contribution in [0.15, 0.2) is 29.2 Å². The molecule has 1 aromatic rings. The zero-order chi connectivity index (χ0) is 15.3. The molecule has 0 bridgehead atoms. The van der Waals surface area contributed by atoms with E-state index in [0.717, 1.165) is 12.8 Å². The summed E-state index contributed by atoms with van der Waals surface area (Å²) in [6.45, 7) is 3.86. The SMILES string of the molecule is CCC(CC)C(=O)c1ccc(S(=O)(=O)CC(=O)O)cc1. The summed E-state index contributed by atoms with van der Waals surface area (Å²) in [7, 11) is -3.84. The molecular formula is C14H18O5S. The molecule has 5 nitrogen and oxygen atoms in total. The monoisotopic (exact) mass is 298 g/mol. The van der Waals surface area contributed by atoms with Crippen LogP contribution in [0.2, 0.25) is 0 Å². The van der Waals surface area contributed by atoms with E-state index in [-0.39, 0.29) is 16.6 Å². The van der Waals surface area contributed by atoms with E-state index in [9.17, 15) is 18.0 Å². The van der Waals surface area contributed by atoms with Gasteiger partial charge in [0.25, 0.3) is 0 Å². The van der Waals surface area contributed by atoms with Crippen LogP contribution in [0.25, 0.3) is 0 Å². The molecule has 0 fully saturated rings. The van der Waals surface area contributed by atoms with E-state index in [1.165, 1.54) is 24.3 Å². The number of Topliss-reactive ketones (excluding diaryl/α,β-unsaturated/α-hetero) is 1. The minimum Gasteiger partial charge on any atom is -0.480 e. The van der Waals surface area contributed by atoms with Crippen molar-refractivity contribution in [2.24, 2.45) is 5.92 Å². The van der Waals surface area contributed by atoms with Crippen molar-refractivity contribution >= 4 is 21.6 Å². The van der Waals surface area contributed by atoms with Gasteiger partial charge in [-0.25, -0.2) is 8.42 Å². The van der Waals surface area contributed by atoms with Crippen LogP contribution < -0.4 is 0 Å². The highest BCUT2D eigenvalue weighted by atomic mass is 32.2. The summed E-state index contributed by atoms with van der Waals surface area (Å²) >= 11 is 0. The molecule has 0 saturated carbocycles. The van der Waals surface area contributed by atoms with E-state index >= 15 is 0 Å². The van der Waals surface area contributed by atoms with Crippen molar-refractivity contribution < 1.29 is 23.1 Å². The number of sulfone groups is 1. The molecule has 0 spiro atoms. The van der Waals surface area contributed by atoms with Crippen molar-refractivity contribution in [1.82, 2.24) is 0 Å². The van der Waals surface area contributed by atoms with E-state index in [1.807, 2.05) is 13.8 Å². The van der Waals surface area contributed by atoms with Gasteiger partial charge < -0.3 is 5.11 Å². The number of carbonyl (C=O) groups is 2. The Balaban J connectivity index is 3.00. The number of hydrogen-bond donors (Lipinski definition) is 1. The minimum absolute atomic E-state index is 0.0165. The van der Waals surface area contributed by atoms with Crippen molar-refractivity contribution in [1.29, 1.82) is 0 Å². The lowest BCUT2D eigenvalue weighted by molar-refractivity contribution is -0.134. The second-order valence-electron chi connectivity index (χ2n) is 4.55. The van der Waals surface area contributed by atoms with Crippen LogP contribution in [0.1, 0.15) is 37.0 Å². The molecule has 0 amide bonds. The molecule has 1 N–H and O–H groups in total. The normalized spacial score (nSPS) is 11.6. The Bertz CT molecular complexity index is 582. The Morgan fingerprint density at radius 3 is 2.00 bits per heavy atom. The molecule has 0 aliphatic carbocycles. The summed E-state index contributed by atoms with van der Waals surface area (Å²) in [6.07, 6.45) is 1.46. The lowest BCUT2D eigenvalue weighted by Crippen LogP contribution is -2.16. The highest BCUT2D eigenvalue weighted by Crippen LogP contribution is 2.18. The van der Waals surface area contributed by atoms with E-state index in [1.54, 1.807) is 0 Å². The number of carboxylic acids is 1. The van der Waals surface area contributed by atoms with Crippen LogP contribution in [0.4, 0.5) is 0 Å². The van der Waals surface area contributed by atoms with Crippen LogP contribution in [0.5, 0.6) is 0 Å². The highest BCUT2D eigenvalue weighted by Gasteiger charge is 2.20. The maximum atomic E-state index is 12.1. The Morgan fingerprint density at radius 1 is 1.10 bits per heavy atom. The molecular weight excluding hydrogens is 280 g/mol. The first-order chi connectivity index (χ1) is 9.31. The zero-order valence-electron chi connectivity index (χ0n) is 11.5. The highest BCUT2D eigenvalue weighted by molar-refractivity contribution is 7.92. The second-order valence-corrected chi connectivity index (χ2v) is 6.54. The Kier molecular flexibility index (Phi) is 5.44. The fraction of sp³-hybridized carbons (Fsp3) is 0.429. The van der Waals surface area contributed by atoms with Crippen molar-refractivity contribution in [3.8, 4) is 0 Å². The van der Waals surface area contributed by atoms with Crippen molar-refractivity contribution in [2.45, 2.75) is 31.6 Å². The van der Waals surface area contributed by atoms with Crippen LogP contribution in [0, 0.1) is 5.92 Å². The smallest absolute Gasteiger partial charge is 0.319 e. The first-order valence-electron chi connectivity index (χ1n) is 6.40. The molecule has 0 aliphatic heterocycles. The molecule has 0 heterocycles. The van der Waals surface area contributed by atoms with Crippen LogP contribution in [0.3, 0.4) is 0 Å². The van der Waals surface area contributed by atoms with E-state index in [4.69, 9.17) is 5.11 Å². The summed E-state index contributed by atoms with van der Waals surface area (Å²) in [5, 5.41) is 8.56. The average Bonchev–Trinajstić information content (AvgIpc) is 2.38. The lowest BCUT2D eigenvalue weighted by atomic mass is 9.93. The first kappa shape index (κ1) is 16.4. The van der Waals surface area contributed by atoms with Gasteiger partial charge in [-0.3, -0.25) is 9.59 Å². The molecule has 1 rings (SSSR count). The molecule has 6 heteroatoms. The third kappa shape index (κ3) is 3.90. The molecule has 0 saturated heterocycles. The first-order valence-corrected chi connectivity index (χ1v) is 8.05. The van der Waals surface area contributed by atoms with Gasteiger partial charge in [0.1, 0.15) is 0 Å². The molecule has 1 aromatic carbocycles. The van der Waals surface area contributed by atoms with E-state index < -0.39 is 21.6 Å². The summed E-state index contributed by atoms with van der Waals surface area (Å²) in [4.78, 5) is 22.5. The zero-order valence-corrected chi connectivity index (χ0v) is 12.3. The largest absolute Gasteiger partial charge is 0.480 e. The quantitative estimate of drug-likeness (QED) is 0.779. The number of rotatable bonds is 7. The Labute approximate surface area is 118 Å². The van der Waals surface area contributed by atoms with Crippen LogP contribution >= 0.6 is 0 Å². The Morgan fingerprint density at radius 2 is 1.60 bits per heavy atom. The second kappa shape index (κ2) is 6.65. The third-order valence-corrected chi connectivity index (χ3v) is 4.79. The van der Waals surface area contributed by atoms with Gasteiger partial charge in [0.15, 0.2) is 21.4 Å². The topological polar surface area (TPSA) is 88.5 Å². The summed E-state index contributed by atoms with van der Waals surface area (Å²) in [6, 6.07) is 5.45. The fourth-order valence-electron chi connectivity index (χ4n) is 1.97. The van der Waals surface area contributed by atoms with Gasteiger partial charge in [0.05, 0.1) is 4.90 Å². The molecule has 0 aromatic heterocycles. The van der Waals surface area contributed by atoms with Crippen molar-refractivity contribution in [3.05, 3.63) is 29.8 Å². The van der Waals surface area contributed by atoms with E-state index in [2.05, 4.69) is 0 Å². The third-order valence-electron chi connectivity index (χ3n) is 3.17. The molecule has 0 atom stereocenters. The maximum absolute atomic E-state index is 12.1. The molecule has 20 heavy (non-hydrogen) atoms. The molecule has 110 valence electrons. The van der Waals surface area contributed by atoms with Gasteiger partial charge in [-0.05, 0) is 25.0 Å². The number of ketones is 1. The average molecular weight is 298 g/mol. The molecule has 0 unspecified atom stereocenters. The van der Waals surface area contributed by atoms with E-state index in [0.29, 0.717) is 5.56 Å². The lowest BCUT2D eigenvalue weighted by Gasteiger charge is -2.11. The van der Waals surface area contributed by atoms with Gasteiger partial charge in [0, 0.05) is 11.5 Å². The predicted molar refractivity (Wildman–Crippen MR) is 74.5 cm³/mol. The summed E-state index contributed by atoms with van der Waals surface area (Å²) in [5.41, 5.74) is 0.452. The predicted octanol–water partition coefficient (Wildman–Crippen LogP) is 2.16. The molecule has 0 aliphatic rings.